The highest BCUT2D eigenvalue weighted by Gasteiger charge is 2.28. The standard InChI is InChI=1S/C28H38N6O2/c1-21(35)33-14-9-25(10-15-33)31-27-16-22(8-11-29-27)28(36)30-17-26(34-12-4-5-13-34)20-32-18-23-6-2-3-7-24(23)19-32/h2-3,6-8,11,16,25-26H,4-5,9-10,12-15,17-20H2,1H3,(H,29,31)(H,30,36)/t26-/m0/s1. The number of anilines is 1. The molecular weight excluding hydrogens is 452 g/mol. The second-order valence-electron chi connectivity index (χ2n) is 10.4. The van der Waals surface area contributed by atoms with Gasteiger partial charge in [-0.3, -0.25) is 19.4 Å². The molecule has 36 heavy (non-hydrogen) atoms. The number of carbonyl (C=O) groups is 2. The summed E-state index contributed by atoms with van der Waals surface area (Å²) in [6, 6.07) is 12.9. The minimum Gasteiger partial charge on any atom is -0.367 e. The van der Waals surface area contributed by atoms with Crippen molar-refractivity contribution >= 4 is 17.6 Å². The van der Waals surface area contributed by atoms with Gasteiger partial charge in [0.2, 0.25) is 5.91 Å². The van der Waals surface area contributed by atoms with Gasteiger partial charge in [-0.25, -0.2) is 4.98 Å². The molecule has 8 nitrogen and oxygen atoms in total. The molecule has 0 spiro atoms. The van der Waals surface area contributed by atoms with Crippen LogP contribution in [0, 0.1) is 0 Å². The van der Waals surface area contributed by atoms with Crippen LogP contribution in [-0.4, -0.2) is 82.9 Å². The van der Waals surface area contributed by atoms with E-state index in [0.717, 1.165) is 64.5 Å². The molecule has 3 aliphatic heterocycles. The number of fused-ring (bicyclic) bond motifs is 1. The topological polar surface area (TPSA) is 80.8 Å². The van der Waals surface area contributed by atoms with Crippen LogP contribution in [-0.2, 0) is 17.9 Å². The smallest absolute Gasteiger partial charge is 0.251 e. The van der Waals surface area contributed by atoms with Crippen LogP contribution in [0.5, 0.6) is 0 Å². The number of likely N-dealkylation sites (tertiary alicyclic amines) is 2. The fraction of sp³-hybridized carbons (Fsp3) is 0.536. The maximum Gasteiger partial charge on any atom is 0.251 e. The molecule has 2 N–H and O–H groups in total. The predicted octanol–water partition coefficient (Wildman–Crippen LogP) is 2.71. The number of pyridine rings is 1. The van der Waals surface area contributed by atoms with Gasteiger partial charge in [-0.15, -0.1) is 0 Å². The first-order valence-corrected chi connectivity index (χ1v) is 13.3. The summed E-state index contributed by atoms with van der Waals surface area (Å²) in [4.78, 5) is 36.0. The molecule has 5 rings (SSSR count). The number of carbonyl (C=O) groups excluding carboxylic acids is 2. The van der Waals surface area contributed by atoms with Crippen molar-refractivity contribution in [3.8, 4) is 0 Å². The Morgan fingerprint density at radius 2 is 1.72 bits per heavy atom. The molecule has 192 valence electrons. The Kier molecular flexibility index (Phi) is 7.82. The van der Waals surface area contributed by atoms with Gasteiger partial charge in [-0.05, 0) is 62.0 Å². The lowest BCUT2D eigenvalue weighted by atomic mass is 10.0. The van der Waals surface area contributed by atoms with E-state index in [2.05, 4.69) is 49.7 Å². The molecule has 2 saturated heterocycles. The Bertz CT molecular complexity index is 1040. The second kappa shape index (κ2) is 11.4. The van der Waals surface area contributed by atoms with Crippen molar-refractivity contribution in [2.45, 2.75) is 57.8 Å². The van der Waals surface area contributed by atoms with Gasteiger partial charge in [-0.2, -0.15) is 0 Å². The Balaban J connectivity index is 1.16. The van der Waals surface area contributed by atoms with Crippen molar-refractivity contribution in [3.63, 3.8) is 0 Å². The average molecular weight is 491 g/mol. The molecule has 4 heterocycles. The molecule has 1 aromatic heterocycles. The van der Waals surface area contributed by atoms with Gasteiger partial charge in [0.25, 0.3) is 5.91 Å². The molecule has 1 atom stereocenters. The molecule has 2 amide bonds. The largest absolute Gasteiger partial charge is 0.367 e. The molecule has 2 aromatic rings. The van der Waals surface area contributed by atoms with Crippen molar-refractivity contribution in [1.29, 1.82) is 0 Å². The third kappa shape index (κ3) is 6.05. The molecule has 2 fully saturated rings. The monoisotopic (exact) mass is 490 g/mol. The molecular formula is C28H38N6O2. The molecule has 0 radical (unpaired) electrons. The van der Waals surface area contributed by atoms with Crippen LogP contribution in [0.3, 0.4) is 0 Å². The highest BCUT2D eigenvalue weighted by atomic mass is 16.2. The minimum atomic E-state index is -0.0549. The summed E-state index contributed by atoms with van der Waals surface area (Å²) in [5.41, 5.74) is 3.47. The highest BCUT2D eigenvalue weighted by molar-refractivity contribution is 5.94. The third-order valence-electron chi connectivity index (χ3n) is 7.84. The van der Waals surface area contributed by atoms with Crippen LogP contribution in [0.4, 0.5) is 5.82 Å². The van der Waals surface area contributed by atoms with Crippen LogP contribution >= 0.6 is 0 Å². The van der Waals surface area contributed by atoms with E-state index in [1.807, 2.05) is 11.0 Å². The van der Waals surface area contributed by atoms with Gasteiger partial charge in [-0.1, -0.05) is 24.3 Å². The van der Waals surface area contributed by atoms with Gasteiger partial charge in [0, 0.05) is 70.0 Å². The van der Waals surface area contributed by atoms with Crippen LogP contribution in [0.25, 0.3) is 0 Å². The summed E-state index contributed by atoms with van der Waals surface area (Å²) in [5.74, 6) is 0.794. The highest BCUT2D eigenvalue weighted by Crippen LogP contribution is 2.24. The fourth-order valence-corrected chi connectivity index (χ4v) is 5.76. The third-order valence-corrected chi connectivity index (χ3v) is 7.84. The first-order chi connectivity index (χ1) is 17.5. The van der Waals surface area contributed by atoms with Crippen molar-refractivity contribution < 1.29 is 9.59 Å². The van der Waals surface area contributed by atoms with E-state index < -0.39 is 0 Å². The summed E-state index contributed by atoms with van der Waals surface area (Å²) < 4.78 is 0. The maximum absolute atomic E-state index is 13.1. The first-order valence-electron chi connectivity index (χ1n) is 13.3. The zero-order chi connectivity index (χ0) is 24.9. The van der Waals surface area contributed by atoms with Crippen LogP contribution in [0.15, 0.2) is 42.6 Å². The van der Waals surface area contributed by atoms with Crippen LogP contribution in [0.1, 0.15) is 54.1 Å². The lowest BCUT2D eigenvalue weighted by Gasteiger charge is -2.32. The fourth-order valence-electron chi connectivity index (χ4n) is 5.76. The van der Waals surface area contributed by atoms with Crippen molar-refractivity contribution in [2.24, 2.45) is 0 Å². The molecule has 1 aromatic carbocycles. The summed E-state index contributed by atoms with van der Waals surface area (Å²) in [6.07, 6.45) is 5.93. The van der Waals surface area contributed by atoms with Gasteiger partial charge in [0.15, 0.2) is 0 Å². The lowest BCUT2D eigenvalue weighted by Crippen LogP contribution is -2.48. The zero-order valence-corrected chi connectivity index (χ0v) is 21.3. The summed E-state index contributed by atoms with van der Waals surface area (Å²) in [5, 5.41) is 6.67. The Labute approximate surface area is 214 Å². The van der Waals surface area contributed by atoms with E-state index in [9.17, 15) is 9.59 Å². The zero-order valence-electron chi connectivity index (χ0n) is 21.3. The van der Waals surface area contributed by atoms with Gasteiger partial charge >= 0.3 is 0 Å². The molecule has 8 heteroatoms. The minimum absolute atomic E-state index is 0.0549. The second-order valence-corrected chi connectivity index (χ2v) is 10.4. The Morgan fingerprint density at radius 3 is 2.39 bits per heavy atom. The van der Waals surface area contributed by atoms with E-state index in [1.165, 1.54) is 24.0 Å². The summed E-state index contributed by atoms with van der Waals surface area (Å²) >= 11 is 0. The van der Waals surface area contributed by atoms with Crippen molar-refractivity contribution in [2.75, 3.05) is 44.6 Å². The first kappa shape index (κ1) is 24.7. The maximum atomic E-state index is 13.1. The number of benzene rings is 1. The quantitative estimate of drug-likeness (QED) is 0.592. The molecule has 0 aliphatic carbocycles. The summed E-state index contributed by atoms with van der Waals surface area (Å²) in [6.45, 7) is 8.91. The number of hydrogen-bond donors (Lipinski definition) is 2. The SMILES string of the molecule is CC(=O)N1CCC(Nc2cc(C(=O)NC[C@@H](CN3Cc4ccccc4C3)N3CCCC3)ccn2)CC1. The average Bonchev–Trinajstić information content (AvgIpc) is 3.57. The van der Waals surface area contributed by atoms with Gasteiger partial charge < -0.3 is 15.5 Å². The van der Waals surface area contributed by atoms with Crippen molar-refractivity contribution in [3.05, 3.63) is 59.3 Å². The van der Waals surface area contributed by atoms with E-state index >= 15 is 0 Å². The molecule has 0 bridgehead atoms. The van der Waals surface area contributed by atoms with Crippen LogP contribution in [0.2, 0.25) is 0 Å². The van der Waals surface area contributed by atoms with Gasteiger partial charge in [0.1, 0.15) is 5.82 Å². The lowest BCUT2D eigenvalue weighted by molar-refractivity contribution is -0.129. The number of amides is 2. The van der Waals surface area contributed by atoms with Crippen molar-refractivity contribution in [1.82, 2.24) is 25.0 Å². The Morgan fingerprint density at radius 1 is 1.03 bits per heavy atom. The predicted molar refractivity (Wildman–Crippen MR) is 141 cm³/mol. The molecule has 0 unspecified atom stereocenters. The van der Waals surface area contributed by atoms with E-state index in [4.69, 9.17) is 0 Å². The van der Waals surface area contributed by atoms with E-state index in [-0.39, 0.29) is 17.9 Å². The Hall–Kier alpha value is -2.97. The molecule has 0 saturated carbocycles. The number of piperidine rings is 1. The number of nitrogens with zero attached hydrogens (tertiary/aromatic N) is 4. The number of aromatic nitrogens is 1. The number of nitrogens with one attached hydrogen (secondary N) is 2. The summed E-state index contributed by atoms with van der Waals surface area (Å²) in [7, 11) is 0. The number of rotatable bonds is 8. The van der Waals surface area contributed by atoms with E-state index in [1.54, 1.807) is 19.2 Å². The van der Waals surface area contributed by atoms with Crippen LogP contribution < -0.4 is 10.6 Å². The van der Waals surface area contributed by atoms with Gasteiger partial charge in [0.05, 0.1) is 0 Å². The number of hydrogen-bond acceptors (Lipinski definition) is 6. The van der Waals surface area contributed by atoms with E-state index in [0.29, 0.717) is 18.2 Å². The molecule has 3 aliphatic rings. The normalized spacial score (nSPS) is 19.8.